The molecule has 0 unspecified atom stereocenters. The lowest BCUT2D eigenvalue weighted by atomic mass is 9.93. The van der Waals surface area contributed by atoms with E-state index < -0.39 is 0 Å². The van der Waals surface area contributed by atoms with E-state index in [4.69, 9.17) is 4.74 Å². The van der Waals surface area contributed by atoms with Crippen LogP contribution in [0.15, 0.2) is 0 Å². The Morgan fingerprint density at radius 2 is 2.40 bits per heavy atom. The number of nitrogens with one attached hydrogen (secondary N) is 1. The zero-order valence-corrected chi connectivity index (χ0v) is 9.37. The van der Waals surface area contributed by atoms with E-state index in [-0.39, 0.29) is 5.91 Å². The van der Waals surface area contributed by atoms with Crippen LogP contribution in [0.25, 0.3) is 0 Å². The second kappa shape index (κ2) is 4.94. The molecule has 2 rings (SSSR count). The van der Waals surface area contributed by atoms with Gasteiger partial charge in [-0.1, -0.05) is 0 Å². The van der Waals surface area contributed by atoms with E-state index in [2.05, 4.69) is 10.2 Å². The van der Waals surface area contributed by atoms with Gasteiger partial charge in [0, 0.05) is 26.2 Å². The predicted octanol–water partition coefficient (Wildman–Crippen LogP) is 0.233. The molecular weight excluding hydrogens is 192 g/mol. The highest BCUT2D eigenvalue weighted by molar-refractivity contribution is 5.77. The number of rotatable bonds is 3. The zero-order chi connectivity index (χ0) is 10.7. The monoisotopic (exact) mass is 212 g/mol. The molecular formula is C11H20N2O2. The van der Waals surface area contributed by atoms with Gasteiger partial charge in [0.25, 0.3) is 0 Å². The second-order valence-electron chi connectivity index (χ2n) is 4.44. The number of carbonyl (C=O) groups is 1. The molecule has 15 heavy (non-hydrogen) atoms. The van der Waals surface area contributed by atoms with Gasteiger partial charge < -0.3 is 15.0 Å². The number of ether oxygens (including phenoxy) is 1. The molecule has 0 saturated carbocycles. The highest BCUT2D eigenvalue weighted by Gasteiger charge is 2.37. The molecule has 0 bridgehead atoms. The van der Waals surface area contributed by atoms with Gasteiger partial charge >= 0.3 is 0 Å². The van der Waals surface area contributed by atoms with E-state index >= 15 is 0 Å². The lowest BCUT2D eigenvalue weighted by Gasteiger charge is -2.32. The largest absolute Gasteiger partial charge is 0.384 e. The third-order valence-corrected chi connectivity index (χ3v) is 3.57. The smallest absolute Gasteiger partial charge is 0.225 e. The number of methoxy groups -OCH3 is 1. The maximum atomic E-state index is 11.9. The molecule has 2 saturated heterocycles. The van der Waals surface area contributed by atoms with Gasteiger partial charge in [-0.15, -0.1) is 0 Å². The van der Waals surface area contributed by atoms with Crippen LogP contribution in [-0.4, -0.2) is 50.2 Å². The Kier molecular flexibility index (Phi) is 3.59. The first kappa shape index (κ1) is 10.9. The summed E-state index contributed by atoms with van der Waals surface area (Å²) >= 11 is 0. The summed E-state index contributed by atoms with van der Waals surface area (Å²) in [5.41, 5.74) is 0. The molecule has 2 aliphatic rings. The van der Waals surface area contributed by atoms with Gasteiger partial charge in [-0.3, -0.25) is 4.79 Å². The summed E-state index contributed by atoms with van der Waals surface area (Å²) < 4.78 is 4.94. The lowest BCUT2D eigenvalue weighted by molar-refractivity contribution is -0.133. The van der Waals surface area contributed by atoms with E-state index in [0.29, 0.717) is 19.1 Å². The van der Waals surface area contributed by atoms with Crippen LogP contribution in [0.1, 0.15) is 19.3 Å². The number of nitrogens with zero attached hydrogens (tertiary/aromatic N) is 1. The van der Waals surface area contributed by atoms with Gasteiger partial charge in [0.05, 0.1) is 13.0 Å². The van der Waals surface area contributed by atoms with Crippen LogP contribution in [0.5, 0.6) is 0 Å². The third kappa shape index (κ3) is 2.32. The maximum absolute atomic E-state index is 11.9. The van der Waals surface area contributed by atoms with Crippen molar-refractivity contribution in [1.82, 2.24) is 10.2 Å². The van der Waals surface area contributed by atoms with Crippen molar-refractivity contribution in [2.24, 2.45) is 5.92 Å². The summed E-state index contributed by atoms with van der Waals surface area (Å²) in [5.74, 6) is 0.991. The van der Waals surface area contributed by atoms with Crippen LogP contribution in [0, 0.1) is 5.92 Å². The number of amides is 1. The van der Waals surface area contributed by atoms with Gasteiger partial charge in [0.15, 0.2) is 0 Å². The SMILES string of the molecule is COCCC(=O)N1CC[C@H]2CCNC[C@H]21. The van der Waals surface area contributed by atoms with Crippen molar-refractivity contribution < 1.29 is 9.53 Å². The van der Waals surface area contributed by atoms with Crippen molar-refractivity contribution in [2.75, 3.05) is 33.4 Å². The molecule has 2 atom stereocenters. The summed E-state index contributed by atoms with van der Waals surface area (Å²) in [4.78, 5) is 13.9. The number of piperidine rings is 1. The van der Waals surface area contributed by atoms with Gasteiger partial charge in [-0.25, -0.2) is 0 Å². The average molecular weight is 212 g/mol. The number of hydrogen-bond acceptors (Lipinski definition) is 3. The van der Waals surface area contributed by atoms with E-state index in [1.807, 2.05) is 0 Å². The molecule has 2 heterocycles. The van der Waals surface area contributed by atoms with Crippen molar-refractivity contribution in [3.63, 3.8) is 0 Å². The quantitative estimate of drug-likeness (QED) is 0.728. The maximum Gasteiger partial charge on any atom is 0.225 e. The Labute approximate surface area is 91.0 Å². The van der Waals surface area contributed by atoms with Crippen LogP contribution in [0.3, 0.4) is 0 Å². The van der Waals surface area contributed by atoms with Crippen molar-refractivity contribution in [2.45, 2.75) is 25.3 Å². The minimum atomic E-state index is 0.257. The van der Waals surface area contributed by atoms with E-state index in [1.165, 1.54) is 12.8 Å². The van der Waals surface area contributed by atoms with Gasteiger partial charge in [-0.05, 0) is 25.3 Å². The minimum Gasteiger partial charge on any atom is -0.384 e. The van der Waals surface area contributed by atoms with Crippen molar-refractivity contribution in [3.05, 3.63) is 0 Å². The summed E-state index contributed by atoms with van der Waals surface area (Å²) in [7, 11) is 1.64. The van der Waals surface area contributed by atoms with Crippen molar-refractivity contribution >= 4 is 5.91 Å². The third-order valence-electron chi connectivity index (χ3n) is 3.57. The van der Waals surface area contributed by atoms with Gasteiger partial charge in [-0.2, -0.15) is 0 Å². The molecule has 0 aromatic rings. The van der Waals surface area contributed by atoms with Crippen molar-refractivity contribution in [3.8, 4) is 0 Å². The van der Waals surface area contributed by atoms with Crippen molar-refractivity contribution in [1.29, 1.82) is 0 Å². The molecule has 0 radical (unpaired) electrons. The second-order valence-corrected chi connectivity index (χ2v) is 4.44. The zero-order valence-electron chi connectivity index (χ0n) is 9.37. The standard InChI is InChI=1S/C11H20N2O2/c1-15-7-4-11(14)13-6-3-9-2-5-12-8-10(9)13/h9-10,12H,2-8H2,1H3/t9-,10-/m1/s1. The molecule has 1 amide bonds. The average Bonchev–Trinajstić information content (AvgIpc) is 2.69. The van der Waals surface area contributed by atoms with E-state index in [1.54, 1.807) is 7.11 Å². The van der Waals surface area contributed by atoms with Gasteiger partial charge in [0.2, 0.25) is 5.91 Å². The molecule has 2 fully saturated rings. The molecule has 2 aliphatic heterocycles. The molecule has 1 N–H and O–H groups in total. The number of fused-ring (bicyclic) bond motifs is 1. The number of likely N-dealkylation sites (tertiary alicyclic amines) is 1. The Morgan fingerprint density at radius 1 is 1.53 bits per heavy atom. The normalized spacial score (nSPS) is 30.3. The summed E-state index contributed by atoms with van der Waals surface area (Å²) in [6, 6.07) is 0.447. The summed E-state index contributed by atoms with van der Waals surface area (Å²) in [5, 5.41) is 3.37. The first-order valence-corrected chi connectivity index (χ1v) is 5.82. The Bertz CT molecular complexity index is 233. The molecule has 4 heteroatoms. The first-order chi connectivity index (χ1) is 7.33. The molecule has 4 nitrogen and oxygen atoms in total. The van der Waals surface area contributed by atoms with Crippen LogP contribution in [0.2, 0.25) is 0 Å². The molecule has 0 spiro atoms. The molecule has 86 valence electrons. The minimum absolute atomic E-state index is 0.257. The van der Waals surface area contributed by atoms with Crippen LogP contribution in [-0.2, 0) is 9.53 Å². The fourth-order valence-electron chi connectivity index (χ4n) is 2.71. The summed E-state index contributed by atoms with van der Waals surface area (Å²) in [6.45, 7) is 3.57. The van der Waals surface area contributed by atoms with Gasteiger partial charge in [0.1, 0.15) is 0 Å². The molecule has 0 aromatic heterocycles. The first-order valence-electron chi connectivity index (χ1n) is 5.82. The highest BCUT2D eigenvalue weighted by Crippen LogP contribution is 2.29. The van der Waals surface area contributed by atoms with Crippen LogP contribution >= 0.6 is 0 Å². The van der Waals surface area contributed by atoms with Crippen LogP contribution < -0.4 is 5.32 Å². The Morgan fingerprint density at radius 3 is 3.20 bits per heavy atom. The Balaban J connectivity index is 1.89. The topological polar surface area (TPSA) is 41.6 Å². The predicted molar refractivity (Wildman–Crippen MR) is 57.6 cm³/mol. The summed E-state index contributed by atoms with van der Waals surface area (Å²) in [6.07, 6.45) is 2.93. The molecule has 0 aromatic carbocycles. The van der Waals surface area contributed by atoms with E-state index in [9.17, 15) is 4.79 Å². The molecule has 0 aliphatic carbocycles. The van der Waals surface area contributed by atoms with E-state index in [0.717, 1.165) is 25.6 Å². The number of hydrogen-bond donors (Lipinski definition) is 1. The fourth-order valence-corrected chi connectivity index (χ4v) is 2.71. The fraction of sp³-hybridized carbons (Fsp3) is 0.909. The van der Waals surface area contributed by atoms with Crippen LogP contribution in [0.4, 0.5) is 0 Å². The highest BCUT2D eigenvalue weighted by atomic mass is 16.5. The Hall–Kier alpha value is -0.610. The lowest BCUT2D eigenvalue weighted by Crippen LogP contribution is -2.48. The number of carbonyl (C=O) groups excluding carboxylic acids is 1.